The molecule has 0 aromatic rings. The van der Waals surface area contributed by atoms with E-state index in [1.165, 1.54) is 45.4 Å². The van der Waals surface area contributed by atoms with Crippen LogP contribution in [0.1, 0.15) is 33.1 Å². The van der Waals surface area contributed by atoms with E-state index in [1.807, 2.05) is 0 Å². The molecule has 0 aromatic heterocycles. The van der Waals surface area contributed by atoms with Gasteiger partial charge in [0.15, 0.2) is 0 Å². The maximum absolute atomic E-state index is 2.84. The van der Waals surface area contributed by atoms with Gasteiger partial charge in [-0.3, -0.25) is 4.90 Å². The molecule has 3 aliphatic heterocycles. The molecule has 3 heteroatoms. The molecule has 0 N–H and O–H groups in total. The summed E-state index contributed by atoms with van der Waals surface area (Å²) in [4.78, 5) is 8.03. The summed E-state index contributed by atoms with van der Waals surface area (Å²) in [5, 5.41) is 0. The quantitative estimate of drug-likeness (QED) is 0.715. The lowest BCUT2D eigenvalue weighted by molar-refractivity contribution is 0.0548. The lowest BCUT2D eigenvalue weighted by Gasteiger charge is -2.43. The summed E-state index contributed by atoms with van der Waals surface area (Å²) in [5.74, 6) is 0. The Hall–Kier alpha value is -0.120. The number of hydrogen-bond acceptors (Lipinski definition) is 3. The van der Waals surface area contributed by atoms with Crippen LogP contribution in [0.5, 0.6) is 0 Å². The fraction of sp³-hybridized carbons (Fsp3) is 1.00. The van der Waals surface area contributed by atoms with Gasteiger partial charge in [-0.05, 0) is 53.2 Å². The zero-order valence-corrected chi connectivity index (χ0v) is 11.6. The molecule has 98 valence electrons. The van der Waals surface area contributed by atoms with Gasteiger partial charge in [0.2, 0.25) is 0 Å². The summed E-state index contributed by atoms with van der Waals surface area (Å²) in [6, 6.07) is 3.36. The molecule has 0 spiro atoms. The molecule has 0 unspecified atom stereocenters. The Kier molecular flexibility index (Phi) is 3.18. The number of piperidine rings is 1. The summed E-state index contributed by atoms with van der Waals surface area (Å²) in [6.07, 6.45) is 4.22. The van der Waals surface area contributed by atoms with Crippen molar-refractivity contribution in [3.8, 4) is 0 Å². The van der Waals surface area contributed by atoms with E-state index in [9.17, 15) is 0 Å². The van der Waals surface area contributed by atoms with E-state index in [0.29, 0.717) is 0 Å². The van der Waals surface area contributed by atoms with Crippen molar-refractivity contribution >= 4 is 0 Å². The molecule has 0 aromatic carbocycles. The van der Waals surface area contributed by atoms with Gasteiger partial charge in [0, 0.05) is 37.3 Å². The standard InChI is InChI=1S/C14H27N3/c1-11(2)16-6-4-12(5-7-16)17-10-13-8-14(17)9-15(13)3/h11-14H,4-10H2,1-3H3/t13-,14-/m0/s1. The Morgan fingerprint density at radius 1 is 0.941 bits per heavy atom. The molecular formula is C14H27N3. The predicted molar refractivity (Wildman–Crippen MR) is 71.3 cm³/mol. The van der Waals surface area contributed by atoms with E-state index in [2.05, 4.69) is 35.6 Å². The second-order valence-electron chi connectivity index (χ2n) is 6.54. The first-order valence-corrected chi connectivity index (χ1v) is 7.35. The van der Waals surface area contributed by atoms with Crippen LogP contribution < -0.4 is 0 Å². The van der Waals surface area contributed by atoms with E-state index in [1.54, 1.807) is 0 Å². The monoisotopic (exact) mass is 237 g/mol. The highest BCUT2D eigenvalue weighted by atomic mass is 15.4. The second kappa shape index (κ2) is 4.52. The molecule has 3 heterocycles. The van der Waals surface area contributed by atoms with E-state index >= 15 is 0 Å². The number of piperazine rings is 1. The highest BCUT2D eigenvalue weighted by Gasteiger charge is 2.44. The minimum Gasteiger partial charge on any atom is -0.301 e. The summed E-state index contributed by atoms with van der Waals surface area (Å²) < 4.78 is 0. The van der Waals surface area contributed by atoms with Crippen molar-refractivity contribution in [3.63, 3.8) is 0 Å². The Morgan fingerprint density at radius 3 is 2.12 bits per heavy atom. The number of likely N-dealkylation sites (N-methyl/N-ethyl adjacent to an activating group) is 1. The zero-order chi connectivity index (χ0) is 12.0. The minimum absolute atomic E-state index is 0.733. The molecule has 2 atom stereocenters. The first-order chi connectivity index (χ1) is 8.15. The molecule has 3 fully saturated rings. The Balaban J connectivity index is 1.55. The summed E-state index contributed by atoms with van der Waals surface area (Å²) in [5.41, 5.74) is 0. The number of fused-ring (bicyclic) bond motifs is 2. The topological polar surface area (TPSA) is 9.72 Å². The van der Waals surface area contributed by atoms with E-state index in [0.717, 1.165) is 24.2 Å². The molecule has 0 amide bonds. The number of hydrogen-bond donors (Lipinski definition) is 0. The first kappa shape index (κ1) is 11.9. The third kappa shape index (κ3) is 2.13. The Morgan fingerprint density at radius 2 is 1.65 bits per heavy atom. The highest BCUT2D eigenvalue weighted by Crippen LogP contribution is 2.33. The third-order valence-corrected chi connectivity index (χ3v) is 5.26. The Bertz CT molecular complexity index is 269. The first-order valence-electron chi connectivity index (χ1n) is 7.35. The normalized spacial score (nSPS) is 37.4. The maximum atomic E-state index is 2.84. The van der Waals surface area contributed by atoms with Gasteiger partial charge >= 0.3 is 0 Å². The smallest absolute Gasteiger partial charge is 0.0242 e. The van der Waals surface area contributed by atoms with Crippen molar-refractivity contribution in [2.24, 2.45) is 0 Å². The molecular weight excluding hydrogens is 210 g/mol. The van der Waals surface area contributed by atoms with Crippen LogP contribution in [0.2, 0.25) is 0 Å². The summed E-state index contributed by atoms with van der Waals surface area (Å²) in [7, 11) is 2.30. The van der Waals surface area contributed by atoms with Gasteiger partial charge in [-0.25, -0.2) is 0 Å². The van der Waals surface area contributed by atoms with Gasteiger partial charge in [-0.2, -0.15) is 0 Å². The molecule has 17 heavy (non-hydrogen) atoms. The molecule has 3 aliphatic rings. The fourth-order valence-electron chi connectivity index (χ4n) is 4.08. The SMILES string of the molecule is CC(C)N1CCC(N2C[C@@H]3C[C@H]2CN3C)CC1. The average molecular weight is 237 g/mol. The van der Waals surface area contributed by atoms with E-state index < -0.39 is 0 Å². The van der Waals surface area contributed by atoms with Crippen molar-refractivity contribution in [2.75, 3.05) is 33.2 Å². The van der Waals surface area contributed by atoms with Crippen LogP contribution in [0.4, 0.5) is 0 Å². The lowest BCUT2D eigenvalue weighted by atomic mass is 10.0. The minimum atomic E-state index is 0.733. The van der Waals surface area contributed by atoms with Gasteiger partial charge in [-0.1, -0.05) is 0 Å². The van der Waals surface area contributed by atoms with Crippen LogP contribution in [-0.4, -0.2) is 72.1 Å². The molecule has 3 nitrogen and oxygen atoms in total. The third-order valence-electron chi connectivity index (χ3n) is 5.26. The van der Waals surface area contributed by atoms with Gasteiger partial charge in [-0.15, -0.1) is 0 Å². The second-order valence-corrected chi connectivity index (χ2v) is 6.54. The van der Waals surface area contributed by atoms with Crippen LogP contribution in [0.25, 0.3) is 0 Å². The van der Waals surface area contributed by atoms with Gasteiger partial charge < -0.3 is 9.80 Å². The Labute approximate surface area is 106 Å². The molecule has 0 saturated carbocycles. The van der Waals surface area contributed by atoms with Crippen LogP contribution in [0.15, 0.2) is 0 Å². The highest BCUT2D eigenvalue weighted by molar-refractivity contribution is 5.01. The van der Waals surface area contributed by atoms with Gasteiger partial charge in [0.05, 0.1) is 0 Å². The van der Waals surface area contributed by atoms with Gasteiger partial charge in [0.25, 0.3) is 0 Å². The van der Waals surface area contributed by atoms with Crippen LogP contribution in [0.3, 0.4) is 0 Å². The molecule has 0 aliphatic carbocycles. The van der Waals surface area contributed by atoms with E-state index in [-0.39, 0.29) is 0 Å². The summed E-state index contributed by atoms with van der Waals surface area (Å²) >= 11 is 0. The van der Waals surface area contributed by atoms with Crippen molar-refractivity contribution in [1.82, 2.24) is 14.7 Å². The average Bonchev–Trinajstić information content (AvgIpc) is 2.87. The number of rotatable bonds is 2. The number of likely N-dealkylation sites (tertiary alicyclic amines) is 3. The predicted octanol–water partition coefficient (Wildman–Crippen LogP) is 1.25. The molecule has 3 saturated heterocycles. The van der Waals surface area contributed by atoms with Crippen LogP contribution >= 0.6 is 0 Å². The van der Waals surface area contributed by atoms with Crippen LogP contribution in [0, 0.1) is 0 Å². The largest absolute Gasteiger partial charge is 0.301 e. The maximum Gasteiger partial charge on any atom is 0.0242 e. The lowest BCUT2D eigenvalue weighted by Crippen LogP contribution is -2.53. The molecule has 2 bridgehead atoms. The van der Waals surface area contributed by atoms with Crippen LogP contribution in [-0.2, 0) is 0 Å². The van der Waals surface area contributed by atoms with Crippen molar-refractivity contribution in [2.45, 2.75) is 57.3 Å². The summed E-state index contributed by atoms with van der Waals surface area (Å²) in [6.45, 7) is 9.93. The van der Waals surface area contributed by atoms with Crippen molar-refractivity contribution in [3.05, 3.63) is 0 Å². The zero-order valence-electron chi connectivity index (χ0n) is 11.6. The van der Waals surface area contributed by atoms with E-state index in [4.69, 9.17) is 0 Å². The van der Waals surface area contributed by atoms with Crippen molar-refractivity contribution < 1.29 is 0 Å². The molecule has 3 rings (SSSR count). The molecule has 0 radical (unpaired) electrons. The fourth-order valence-corrected chi connectivity index (χ4v) is 4.08. The van der Waals surface area contributed by atoms with Crippen molar-refractivity contribution in [1.29, 1.82) is 0 Å². The van der Waals surface area contributed by atoms with Gasteiger partial charge in [0.1, 0.15) is 0 Å². The number of nitrogens with zero attached hydrogens (tertiary/aromatic N) is 3.